The quantitative estimate of drug-likeness (QED) is 0.379. The van der Waals surface area contributed by atoms with Crippen LogP contribution in [0.25, 0.3) is 6.08 Å². The van der Waals surface area contributed by atoms with Crippen molar-refractivity contribution in [1.82, 2.24) is 0 Å². The van der Waals surface area contributed by atoms with Gasteiger partial charge in [0.15, 0.2) is 11.5 Å². The molecule has 2 aromatic rings. The number of carbonyl (C=O) groups excluding carboxylic acids is 1. The van der Waals surface area contributed by atoms with E-state index < -0.39 is 32.8 Å². The third kappa shape index (κ3) is 3.73. The lowest BCUT2D eigenvalue weighted by atomic mass is 10.1. The van der Waals surface area contributed by atoms with Gasteiger partial charge in [0.2, 0.25) is 0 Å². The van der Waals surface area contributed by atoms with Gasteiger partial charge in [-0.2, -0.15) is 0 Å². The van der Waals surface area contributed by atoms with Crippen LogP contribution in [0.15, 0.2) is 42.5 Å². The number of allylic oxidation sites excluding steroid dienone is 1. The molecule has 0 saturated heterocycles. The molecule has 0 unspecified atom stereocenters. The van der Waals surface area contributed by atoms with Crippen LogP contribution in [0, 0.1) is 20.2 Å². The summed E-state index contributed by atoms with van der Waals surface area (Å²) in [5.74, 6) is -1.03. The molecule has 0 aromatic heterocycles. The molecule has 0 radical (unpaired) electrons. The molecule has 0 aliphatic carbocycles. The minimum Gasteiger partial charge on any atom is -0.502 e. The molecule has 122 valence electrons. The summed E-state index contributed by atoms with van der Waals surface area (Å²) in [6, 6.07) is 7.25. The highest BCUT2D eigenvalue weighted by Crippen LogP contribution is 2.27. The Morgan fingerprint density at radius 1 is 1.04 bits per heavy atom. The van der Waals surface area contributed by atoms with E-state index in [0.717, 1.165) is 24.3 Å². The third-order valence-corrected chi connectivity index (χ3v) is 3.37. The lowest BCUT2D eigenvalue weighted by Gasteiger charge is -1.99. The van der Waals surface area contributed by atoms with Crippen LogP contribution >= 0.6 is 11.6 Å². The van der Waals surface area contributed by atoms with Crippen molar-refractivity contribution in [3.63, 3.8) is 0 Å². The fourth-order valence-corrected chi connectivity index (χ4v) is 2.05. The zero-order valence-corrected chi connectivity index (χ0v) is 12.6. The second-order valence-electron chi connectivity index (χ2n) is 4.63. The molecule has 0 aliphatic rings. The fraction of sp³-hybridized carbons (Fsp3) is 0. The van der Waals surface area contributed by atoms with E-state index in [1.807, 2.05) is 0 Å². The van der Waals surface area contributed by atoms with E-state index in [2.05, 4.69) is 0 Å². The van der Waals surface area contributed by atoms with Gasteiger partial charge >= 0.3 is 5.69 Å². The van der Waals surface area contributed by atoms with Gasteiger partial charge in [-0.05, 0) is 29.8 Å². The van der Waals surface area contributed by atoms with Crippen molar-refractivity contribution >= 4 is 34.8 Å². The summed E-state index contributed by atoms with van der Waals surface area (Å²) in [7, 11) is 0. The number of ketones is 1. The van der Waals surface area contributed by atoms with Gasteiger partial charge in [0.05, 0.1) is 9.85 Å². The minimum atomic E-state index is -0.753. The molecule has 0 atom stereocenters. The zero-order valence-electron chi connectivity index (χ0n) is 11.9. The number of hydrogen-bond donors (Lipinski definition) is 1. The molecule has 0 heterocycles. The van der Waals surface area contributed by atoms with E-state index >= 15 is 0 Å². The Balaban J connectivity index is 2.28. The first-order valence-electron chi connectivity index (χ1n) is 6.43. The first kappa shape index (κ1) is 17.1. The molecule has 24 heavy (non-hydrogen) atoms. The smallest absolute Gasteiger partial charge is 0.311 e. The predicted molar refractivity (Wildman–Crippen MR) is 86.2 cm³/mol. The number of halogens is 1. The number of nitro benzene ring substituents is 2. The second kappa shape index (κ2) is 6.88. The Bertz CT molecular complexity index is 878. The highest BCUT2D eigenvalue weighted by molar-refractivity contribution is 6.32. The molecule has 0 bridgehead atoms. The van der Waals surface area contributed by atoms with E-state index in [-0.39, 0.29) is 10.6 Å². The summed E-state index contributed by atoms with van der Waals surface area (Å²) in [5.41, 5.74) is -0.519. The average Bonchev–Trinajstić information content (AvgIpc) is 2.53. The Labute approximate surface area is 139 Å². The number of rotatable bonds is 5. The number of nitrogens with zero attached hydrogens (tertiary/aromatic N) is 2. The highest BCUT2D eigenvalue weighted by atomic mass is 35.5. The summed E-state index contributed by atoms with van der Waals surface area (Å²) in [4.78, 5) is 32.2. The topological polar surface area (TPSA) is 124 Å². The van der Waals surface area contributed by atoms with Crippen molar-refractivity contribution in [3.05, 3.63) is 78.9 Å². The lowest BCUT2D eigenvalue weighted by molar-refractivity contribution is -0.385. The molecule has 8 nitrogen and oxygen atoms in total. The van der Waals surface area contributed by atoms with Crippen LogP contribution in [0.3, 0.4) is 0 Å². The fourth-order valence-electron chi connectivity index (χ4n) is 1.86. The molecule has 1 N–H and O–H groups in total. The standard InChI is InChI=1S/C15H9ClN2O6/c16-11-4-3-10(8-12(11)17(21)22)14(19)5-1-9-2-6-15(20)13(7-9)18(23)24/h1-8,20H/b5-1+. The maximum atomic E-state index is 12.1. The van der Waals surface area contributed by atoms with E-state index in [9.17, 15) is 30.1 Å². The van der Waals surface area contributed by atoms with Gasteiger partial charge in [-0.15, -0.1) is 0 Å². The number of phenolic OH excluding ortho intramolecular Hbond substituents is 1. The number of nitro groups is 2. The molecule has 0 aliphatic heterocycles. The van der Waals surface area contributed by atoms with Crippen molar-refractivity contribution < 1.29 is 19.7 Å². The summed E-state index contributed by atoms with van der Waals surface area (Å²) < 4.78 is 0. The Hall–Kier alpha value is -3.26. The predicted octanol–water partition coefficient (Wildman–Crippen LogP) is 3.76. The van der Waals surface area contributed by atoms with Crippen molar-refractivity contribution in [2.45, 2.75) is 0 Å². The van der Waals surface area contributed by atoms with E-state index in [4.69, 9.17) is 11.6 Å². The van der Waals surface area contributed by atoms with E-state index in [1.165, 1.54) is 24.3 Å². The van der Waals surface area contributed by atoms with Gasteiger partial charge in [0.1, 0.15) is 5.02 Å². The molecule has 2 aromatic carbocycles. The highest BCUT2D eigenvalue weighted by Gasteiger charge is 2.15. The van der Waals surface area contributed by atoms with Gasteiger partial charge in [-0.3, -0.25) is 25.0 Å². The molecular weight excluding hydrogens is 340 g/mol. The van der Waals surface area contributed by atoms with Gasteiger partial charge in [-0.1, -0.05) is 23.7 Å². The van der Waals surface area contributed by atoms with Crippen LogP contribution in [0.5, 0.6) is 5.75 Å². The van der Waals surface area contributed by atoms with Crippen molar-refractivity contribution in [2.24, 2.45) is 0 Å². The number of hydrogen-bond acceptors (Lipinski definition) is 6. The van der Waals surface area contributed by atoms with Crippen molar-refractivity contribution in [1.29, 1.82) is 0 Å². The molecular formula is C15H9ClN2O6. The maximum absolute atomic E-state index is 12.1. The first-order valence-corrected chi connectivity index (χ1v) is 6.81. The van der Waals surface area contributed by atoms with Crippen LogP contribution in [0.4, 0.5) is 11.4 Å². The van der Waals surface area contributed by atoms with Crippen LogP contribution in [0.2, 0.25) is 5.02 Å². The largest absolute Gasteiger partial charge is 0.502 e. The SMILES string of the molecule is O=C(/C=C/c1ccc(O)c([N+](=O)[O-])c1)c1ccc(Cl)c([N+](=O)[O-])c1. The van der Waals surface area contributed by atoms with Crippen molar-refractivity contribution in [3.8, 4) is 5.75 Å². The van der Waals surface area contributed by atoms with Gasteiger partial charge in [0.25, 0.3) is 5.69 Å². The van der Waals surface area contributed by atoms with Crippen LogP contribution in [0.1, 0.15) is 15.9 Å². The van der Waals surface area contributed by atoms with Crippen molar-refractivity contribution in [2.75, 3.05) is 0 Å². The Morgan fingerprint density at radius 2 is 1.71 bits per heavy atom. The minimum absolute atomic E-state index is 0.0515. The van der Waals surface area contributed by atoms with Crippen LogP contribution in [-0.4, -0.2) is 20.7 Å². The van der Waals surface area contributed by atoms with Gasteiger partial charge in [-0.25, -0.2) is 0 Å². The Kier molecular flexibility index (Phi) is 4.90. The summed E-state index contributed by atoms with van der Waals surface area (Å²) >= 11 is 5.67. The monoisotopic (exact) mass is 348 g/mol. The number of carbonyl (C=O) groups is 1. The second-order valence-corrected chi connectivity index (χ2v) is 5.03. The molecule has 0 spiro atoms. The molecule has 0 fully saturated rings. The van der Waals surface area contributed by atoms with Gasteiger partial charge in [0, 0.05) is 17.7 Å². The number of phenols is 1. The average molecular weight is 349 g/mol. The molecule has 2 rings (SSSR count). The van der Waals surface area contributed by atoms with Gasteiger partial charge < -0.3 is 5.11 Å². The Morgan fingerprint density at radius 3 is 2.33 bits per heavy atom. The lowest BCUT2D eigenvalue weighted by Crippen LogP contribution is -1.97. The number of aromatic hydroxyl groups is 1. The van der Waals surface area contributed by atoms with Crippen LogP contribution < -0.4 is 0 Å². The van der Waals surface area contributed by atoms with E-state index in [0.29, 0.717) is 5.56 Å². The molecule has 9 heteroatoms. The summed E-state index contributed by atoms with van der Waals surface area (Å²) in [5, 5.41) is 30.8. The maximum Gasteiger partial charge on any atom is 0.311 e. The zero-order chi connectivity index (χ0) is 17.9. The molecule has 0 saturated carbocycles. The first-order chi connectivity index (χ1) is 11.3. The normalized spacial score (nSPS) is 10.7. The van der Waals surface area contributed by atoms with Crippen LogP contribution in [-0.2, 0) is 0 Å². The summed E-state index contributed by atoms with van der Waals surface area (Å²) in [6.07, 6.45) is 2.41. The summed E-state index contributed by atoms with van der Waals surface area (Å²) in [6.45, 7) is 0. The third-order valence-electron chi connectivity index (χ3n) is 3.05. The van der Waals surface area contributed by atoms with E-state index in [1.54, 1.807) is 0 Å². The molecule has 0 amide bonds. The number of benzene rings is 2.